The summed E-state index contributed by atoms with van der Waals surface area (Å²) >= 11 is 4.10. The van der Waals surface area contributed by atoms with E-state index in [9.17, 15) is 5.11 Å². The summed E-state index contributed by atoms with van der Waals surface area (Å²) < 4.78 is 10.9. The van der Waals surface area contributed by atoms with E-state index in [4.69, 9.17) is 9.47 Å². The Morgan fingerprint density at radius 2 is 1.90 bits per heavy atom. The van der Waals surface area contributed by atoms with Gasteiger partial charge >= 0.3 is 0 Å². The van der Waals surface area contributed by atoms with Crippen LogP contribution in [0.3, 0.4) is 0 Å². The van der Waals surface area contributed by atoms with Crippen LogP contribution < -0.4 is 0 Å². The largest absolute Gasteiger partial charge is 0.385 e. The molecule has 3 atom stereocenters. The van der Waals surface area contributed by atoms with E-state index in [1.807, 2.05) is 13.8 Å². The van der Waals surface area contributed by atoms with E-state index in [0.29, 0.717) is 25.3 Å². The van der Waals surface area contributed by atoms with Crippen LogP contribution in [0.2, 0.25) is 0 Å². The summed E-state index contributed by atoms with van der Waals surface area (Å²) in [4.78, 5) is 8.37. The van der Waals surface area contributed by atoms with Crippen LogP contribution in [0.1, 0.15) is 26.7 Å². The highest BCUT2D eigenvalue weighted by Crippen LogP contribution is 2.07. The summed E-state index contributed by atoms with van der Waals surface area (Å²) in [6.07, 6.45) is 3.66. The van der Waals surface area contributed by atoms with Crippen molar-refractivity contribution in [3.05, 3.63) is 0 Å². The number of methoxy groups -OCH3 is 1. The average molecular weight is 304 g/mol. The van der Waals surface area contributed by atoms with E-state index in [2.05, 4.69) is 22.6 Å². The minimum absolute atomic E-state index is 0.265. The fraction of sp³-hybridized carbons (Fsp3) is 0.857. The van der Waals surface area contributed by atoms with E-state index < -0.39 is 6.10 Å². The van der Waals surface area contributed by atoms with Crippen LogP contribution in [0.25, 0.3) is 0 Å². The Morgan fingerprint density at radius 1 is 1.20 bits per heavy atom. The molecule has 0 fully saturated rings. The van der Waals surface area contributed by atoms with Crippen molar-refractivity contribution in [3.8, 4) is 0 Å². The molecular formula is C14H28N2O3S. The lowest BCUT2D eigenvalue weighted by Crippen LogP contribution is -2.36. The first kappa shape index (κ1) is 19.6. The van der Waals surface area contributed by atoms with Crippen LogP contribution in [0, 0.1) is 0 Å². The number of nitrogens with zero attached hydrogens (tertiary/aromatic N) is 2. The number of aliphatic hydroxyl groups excluding tert-OH is 1. The van der Waals surface area contributed by atoms with E-state index in [1.165, 1.54) is 0 Å². The van der Waals surface area contributed by atoms with E-state index >= 15 is 0 Å². The van der Waals surface area contributed by atoms with Crippen molar-refractivity contribution < 1.29 is 14.6 Å². The molecule has 0 radical (unpaired) electrons. The molecule has 3 unspecified atom stereocenters. The SMILES string of the molecule is CCCN=CC(O)C(CC)OC(C=NCCS)COC. The predicted octanol–water partition coefficient (Wildman–Crippen LogP) is 1.64. The van der Waals surface area contributed by atoms with Gasteiger partial charge in [-0.2, -0.15) is 12.6 Å². The van der Waals surface area contributed by atoms with Gasteiger partial charge in [-0.1, -0.05) is 13.8 Å². The average Bonchev–Trinajstić information content (AvgIpc) is 2.45. The first-order valence-electron chi connectivity index (χ1n) is 7.12. The number of hydrogen-bond donors (Lipinski definition) is 2. The maximum Gasteiger partial charge on any atom is 0.116 e. The van der Waals surface area contributed by atoms with Crippen LogP contribution in [0.5, 0.6) is 0 Å². The van der Waals surface area contributed by atoms with Crippen molar-refractivity contribution >= 4 is 25.1 Å². The minimum Gasteiger partial charge on any atom is -0.385 e. The first-order valence-corrected chi connectivity index (χ1v) is 7.75. The molecule has 5 nitrogen and oxygen atoms in total. The van der Waals surface area contributed by atoms with Crippen molar-refractivity contribution in [1.82, 2.24) is 0 Å². The lowest BCUT2D eigenvalue weighted by atomic mass is 10.1. The van der Waals surface area contributed by atoms with E-state index in [1.54, 1.807) is 19.5 Å². The molecule has 0 saturated carbocycles. The third-order valence-electron chi connectivity index (χ3n) is 2.58. The third-order valence-corrected chi connectivity index (χ3v) is 2.78. The lowest BCUT2D eigenvalue weighted by molar-refractivity contribution is -0.0512. The predicted molar refractivity (Wildman–Crippen MR) is 87.7 cm³/mol. The molecule has 0 spiro atoms. The third kappa shape index (κ3) is 9.47. The molecule has 6 heteroatoms. The van der Waals surface area contributed by atoms with Gasteiger partial charge in [-0.05, 0) is 12.8 Å². The molecule has 0 saturated heterocycles. The van der Waals surface area contributed by atoms with E-state index in [0.717, 1.165) is 13.0 Å². The first-order chi connectivity index (χ1) is 9.69. The molecule has 0 aliphatic heterocycles. The number of aliphatic hydroxyl groups is 1. The zero-order valence-electron chi connectivity index (χ0n) is 12.7. The number of rotatable bonds is 12. The molecule has 20 heavy (non-hydrogen) atoms. The van der Waals surface area contributed by atoms with Gasteiger partial charge in [-0.3, -0.25) is 9.98 Å². The van der Waals surface area contributed by atoms with Gasteiger partial charge in [0.15, 0.2) is 0 Å². The van der Waals surface area contributed by atoms with Crippen LogP contribution >= 0.6 is 12.6 Å². The summed E-state index contributed by atoms with van der Waals surface area (Å²) in [7, 11) is 1.61. The minimum atomic E-state index is -0.704. The van der Waals surface area contributed by atoms with Crippen LogP contribution in [0.4, 0.5) is 0 Å². The molecule has 0 aromatic rings. The summed E-state index contributed by atoms with van der Waals surface area (Å²) in [5.41, 5.74) is 0. The Labute approximate surface area is 127 Å². The van der Waals surface area contributed by atoms with Gasteiger partial charge in [-0.15, -0.1) is 0 Å². The topological polar surface area (TPSA) is 63.4 Å². The fourth-order valence-electron chi connectivity index (χ4n) is 1.58. The second-order valence-corrected chi connectivity index (χ2v) is 4.85. The molecule has 0 aromatic carbocycles. The second kappa shape index (κ2) is 13.5. The summed E-state index contributed by atoms with van der Waals surface area (Å²) in [5, 5.41) is 10.1. The van der Waals surface area contributed by atoms with Gasteiger partial charge in [-0.25, -0.2) is 0 Å². The monoisotopic (exact) mass is 304 g/mol. The van der Waals surface area contributed by atoms with Gasteiger partial charge in [0.2, 0.25) is 0 Å². The Bertz CT molecular complexity index is 275. The highest BCUT2D eigenvalue weighted by atomic mass is 32.1. The number of aliphatic imine (C=N–C) groups is 2. The standard InChI is InChI=1S/C14H28N2O3S/c1-4-6-15-10-13(17)14(5-2)19-12(11-18-3)9-16-7-8-20/h9-10,12-14,17,20H,4-8,11H2,1-3H3. The van der Waals surface area contributed by atoms with Crippen molar-refractivity contribution in [2.45, 2.75) is 45.0 Å². The molecular weight excluding hydrogens is 276 g/mol. The van der Waals surface area contributed by atoms with Gasteiger partial charge in [0, 0.05) is 38.4 Å². The van der Waals surface area contributed by atoms with Crippen molar-refractivity contribution in [3.63, 3.8) is 0 Å². The highest BCUT2D eigenvalue weighted by molar-refractivity contribution is 7.80. The lowest BCUT2D eigenvalue weighted by Gasteiger charge is -2.23. The summed E-state index contributed by atoms with van der Waals surface area (Å²) in [5.74, 6) is 0.694. The highest BCUT2D eigenvalue weighted by Gasteiger charge is 2.20. The summed E-state index contributed by atoms with van der Waals surface area (Å²) in [6, 6.07) is 0. The van der Waals surface area contributed by atoms with E-state index in [-0.39, 0.29) is 12.2 Å². The number of ether oxygens (including phenoxy) is 2. The Morgan fingerprint density at radius 3 is 2.45 bits per heavy atom. The molecule has 0 aliphatic carbocycles. The maximum atomic E-state index is 10.1. The summed E-state index contributed by atoms with van der Waals surface area (Å²) in [6.45, 7) is 5.79. The van der Waals surface area contributed by atoms with Gasteiger partial charge in [0.05, 0.1) is 12.7 Å². The maximum absolute atomic E-state index is 10.1. The molecule has 0 bridgehead atoms. The molecule has 1 N–H and O–H groups in total. The van der Waals surface area contributed by atoms with Gasteiger partial charge in [0.25, 0.3) is 0 Å². The molecule has 0 aliphatic rings. The Hall–Kier alpha value is -0.430. The zero-order chi connectivity index (χ0) is 15.2. The fourth-order valence-corrected chi connectivity index (χ4v) is 1.70. The normalized spacial score (nSPS) is 16.9. The second-order valence-electron chi connectivity index (χ2n) is 4.40. The quantitative estimate of drug-likeness (QED) is 0.425. The Kier molecular flexibility index (Phi) is 13.3. The van der Waals surface area contributed by atoms with Crippen LogP contribution in [-0.2, 0) is 9.47 Å². The number of thiol groups is 1. The van der Waals surface area contributed by atoms with Crippen LogP contribution in [-0.4, -0.2) is 68.4 Å². The van der Waals surface area contributed by atoms with Crippen molar-refractivity contribution in [2.75, 3.05) is 32.6 Å². The molecule has 0 amide bonds. The smallest absolute Gasteiger partial charge is 0.116 e. The van der Waals surface area contributed by atoms with Crippen molar-refractivity contribution in [1.29, 1.82) is 0 Å². The Balaban J connectivity index is 4.45. The van der Waals surface area contributed by atoms with Crippen LogP contribution in [0.15, 0.2) is 9.98 Å². The zero-order valence-corrected chi connectivity index (χ0v) is 13.6. The number of hydrogen-bond acceptors (Lipinski definition) is 6. The van der Waals surface area contributed by atoms with Crippen molar-refractivity contribution in [2.24, 2.45) is 9.98 Å². The van der Waals surface area contributed by atoms with Gasteiger partial charge in [0.1, 0.15) is 12.2 Å². The molecule has 0 rings (SSSR count). The van der Waals surface area contributed by atoms with Gasteiger partial charge < -0.3 is 14.6 Å². The molecule has 0 heterocycles. The molecule has 118 valence electrons. The molecule has 0 aromatic heterocycles.